The van der Waals surface area contributed by atoms with Crippen LogP contribution < -0.4 is 5.32 Å². The molecule has 1 atom stereocenters. The summed E-state index contributed by atoms with van der Waals surface area (Å²) in [5, 5.41) is 11.4. The van der Waals surface area contributed by atoms with Crippen molar-refractivity contribution in [2.24, 2.45) is 0 Å². The minimum atomic E-state index is -1.04. The van der Waals surface area contributed by atoms with Crippen LogP contribution in [0, 0.1) is 0 Å². The van der Waals surface area contributed by atoms with Crippen molar-refractivity contribution in [3.8, 4) is 0 Å². The second kappa shape index (κ2) is 7.74. The van der Waals surface area contributed by atoms with Crippen LogP contribution in [0.1, 0.15) is 47.0 Å². The highest BCUT2D eigenvalue weighted by molar-refractivity contribution is 5.79. The molecular weight excluding hydrogens is 234 g/mol. The number of carboxylic acids is 1. The van der Waals surface area contributed by atoms with Crippen LogP contribution in [0.4, 0.5) is 4.79 Å². The second-order valence-corrected chi connectivity index (χ2v) is 5.04. The summed E-state index contributed by atoms with van der Waals surface area (Å²) in [6.07, 6.45) is 5.08. The maximum atomic E-state index is 11.5. The molecule has 0 aromatic carbocycles. The number of carbonyl (C=O) groups excluding carboxylic acids is 1. The fraction of sp³-hybridized carbons (Fsp3) is 0.692. The molecule has 104 valence electrons. The number of amides is 1. The molecule has 0 aliphatic heterocycles. The summed E-state index contributed by atoms with van der Waals surface area (Å²) in [6, 6.07) is -0.898. The van der Waals surface area contributed by atoms with Crippen molar-refractivity contribution in [2.45, 2.75) is 58.6 Å². The third kappa shape index (κ3) is 8.61. The van der Waals surface area contributed by atoms with Gasteiger partial charge in [0.2, 0.25) is 0 Å². The van der Waals surface area contributed by atoms with Gasteiger partial charge >= 0.3 is 12.1 Å². The van der Waals surface area contributed by atoms with E-state index in [1.807, 2.05) is 19.1 Å². The van der Waals surface area contributed by atoms with Crippen molar-refractivity contribution in [3.63, 3.8) is 0 Å². The zero-order chi connectivity index (χ0) is 14.2. The summed E-state index contributed by atoms with van der Waals surface area (Å²) in [5.74, 6) is -1.04. The van der Waals surface area contributed by atoms with Gasteiger partial charge in [-0.3, -0.25) is 0 Å². The van der Waals surface area contributed by atoms with Gasteiger partial charge in [-0.2, -0.15) is 0 Å². The monoisotopic (exact) mass is 257 g/mol. The van der Waals surface area contributed by atoms with Gasteiger partial charge in [0.15, 0.2) is 0 Å². The Hall–Kier alpha value is -1.52. The Morgan fingerprint density at radius 2 is 2.00 bits per heavy atom. The van der Waals surface area contributed by atoms with Gasteiger partial charge in [-0.25, -0.2) is 9.59 Å². The maximum Gasteiger partial charge on any atom is 0.408 e. The van der Waals surface area contributed by atoms with E-state index in [0.717, 1.165) is 6.42 Å². The van der Waals surface area contributed by atoms with E-state index in [9.17, 15) is 9.59 Å². The Morgan fingerprint density at radius 1 is 1.39 bits per heavy atom. The molecule has 1 amide bonds. The van der Waals surface area contributed by atoms with Gasteiger partial charge in [0, 0.05) is 0 Å². The SMILES string of the molecule is C/C=C/CCC[C@H](NC(=O)OC(C)(C)C)C(=O)O. The number of alkyl carbamates (subject to hydrolysis) is 1. The van der Waals surface area contributed by atoms with Crippen LogP contribution >= 0.6 is 0 Å². The number of carbonyl (C=O) groups is 2. The Labute approximate surface area is 108 Å². The number of ether oxygens (including phenoxy) is 1. The van der Waals surface area contributed by atoms with Gasteiger partial charge in [-0.05, 0) is 47.0 Å². The molecule has 0 heterocycles. The average molecular weight is 257 g/mol. The van der Waals surface area contributed by atoms with Gasteiger partial charge in [0.25, 0.3) is 0 Å². The Kier molecular flexibility index (Phi) is 7.08. The van der Waals surface area contributed by atoms with Gasteiger partial charge < -0.3 is 15.2 Å². The quantitative estimate of drug-likeness (QED) is 0.566. The molecule has 18 heavy (non-hydrogen) atoms. The predicted octanol–water partition coefficient (Wildman–Crippen LogP) is 2.71. The molecule has 0 spiro atoms. The Bertz CT molecular complexity index is 305. The third-order valence-corrected chi connectivity index (χ3v) is 2.09. The predicted molar refractivity (Wildman–Crippen MR) is 69.5 cm³/mol. The lowest BCUT2D eigenvalue weighted by Crippen LogP contribution is -2.43. The fourth-order valence-electron chi connectivity index (χ4n) is 1.31. The van der Waals surface area contributed by atoms with E-state index in [2.05, 4.69) is 5.32 Å². The molecule has 0 aliphatic rings. The highest BCUT2D eigenvalue weighted by atomic mass is 16.6. The molecule has 0 aliphatic carbocycles. The van der Waals surface area contributed by atoms with Crippen LogP contribution in [-0.2, 0) is 9.53 Å². The summed E-state index contributed by atoms with van der Waals surface area (Å²) < 4.78 is 5.02. The van der Waals surface area contributed by atoms with E-state index in [0.29, 0.717) is 12.8 Å². The number of hydrogen-bond donors (Lipinski definition) is 2. The molecule has 0 bridgehead atoms. The van der Waals surface area contributed by atoms with E-state index in [4.69, 9.17) is 9.84 Å². The van der Waals surface area contributed by atoms with Gasteiger partial charge in [-0.1, -0.05) is 12.2 Å². The van der Waals surface area contributed by atoms with Crippen molar-refractivity contribution < 1.29 is 19.4 Å². The number of unbranched alkanes of at least 4 members (excludes halogenated alkanes) is 1. The largest absolute Gasteiger partial charge is 0.480 e. The number of nitrogens with one attached hydrogen (secondary N) is 1. The first kappa shape index (κ1) is 16.5. The first-order chi connectivity index (χ1) is 8.26. The average Bonchev–Trinajstić information content (AvgIpc) is 2.19. The lowest BCUT2D eigenvalue weighted by molar-refractivity contribution is -0.139. The molecule has 0 radical (unpaired) electrons. The number of rotatable bonds is 6. The molecular formula is C13H23NO4. The standard InChI is InChI=1S/C13H23NO4/c1-5-6-7-8-9-10(11(15)16)14-12(17)18-13(2,3)4/h5-6,10H,7-9H2,1-4H3,(H,14,17)(H,15,16)/b6-5+/t10-/m0/s1. The number of allylic oxidation sites excluding steroid dienone is 2. The van der Waals surface area contributed by atoms with E-state index in [-0.39, 0.29) is 0 Å². The Morgan fingerprint density at radius 3 is 2.44 bits per heavy atom. The maximum absolute atomic E-state index is 11.5. The molecule has 0 aromatic heterocycles. The normalized spacial score (nSPS) is 13.3. The minimum absolute atomic E-state index is 0.388. The highest BCUT2D eigenvalue weighted by Gasteiger charge is 2.23. The molecule has 2 N–H and O–H groups in total. The number of carboxylic acid groups (broad SMARTS) is 1. The molecule has 0 fully saturated rings. The number of aliphatic carboxylic acids is 1. The van der Waals surface area contributed by atoms with Crippen molar-refractivity contribution >= 4 is 12.1 Å². The second-order valence-electron chi connectivity index (χ2n) is 5.04. The van der Waals surface area contributed by atoms with E-state index < -0.39 is 23.7 Å². The fourth-order valence-corrected chi connectivity index (χ4v) is 1.31. The van der Waals surface area contributed by atoms with Crippen LogP contribution in [0.3, 0.4) is 0 Å². The van der Waals surface area contributed by atoms with Crippen molar-refractivity contribution in [1.29, 1.82) is 0 Å². The minimum Gasteiger partial charge on any atom is -0.480 e. The van der Waals surface area contributed by atoms with E-state index in [1.54, 1.807) is 20.8 Å². The summed E-state index contributed by atoms with van der Waals surface area (Å²) in [7, 11) is 0. The molecule has 0 aromatic rings. The van der Waals surface area contributed by atoms with Crippen LogP contribution in [0.5, 0.6) is 0 Å². The third-order valence-electron chi connectivity index (χ3n) is 2.09. The summed E-state index contributed by atoms with van der Waals surface area (Å²) in [4.78, 5) is 22.4. The topological polar surface area (TPSA) is 75.6 Å². The smallest absolute Gasteiger partial charge is 0.408 e. The van der Waals surface area contributed by atoms with Gasteiger partial charge in [0.05, 0.1) is 0 Å². The molecule has 0 saturated carbocycles. The first-order valence-electron chi connectivity index (χ1n) is 6.09. The lowest BCUT2D eigenvalue weighted by atomic mass is 10.1. The van der Waals surface area contributed by atoms with Crippen LogP contribution in [0.2, 0.25) is 0 Å². The molecule has 0 unspecified atom stereocenters. The van der Waals surface area contributed by atoms with E-state index in [1.165, 1.54) is 0 Å². The molecule has 0 saturated heterocycles. The molecule has 5 heteroatoms. The summed E-state index contributed by atoms with van der Waals surface area (Å²) >= 11 is 0. The highest BCUT2D eigenvalue weighted by Crippen LogP contribution is 2.08. The Balaban J connectivity index is 4.19. The van der Waals surface area contributed by atoms with Crippen LogP contribution in [0.15, 0.2) is 12.2 Å². The van der Waals surface area contributed by atoms with Crippen LogP contribution in [0.25, 0.3) is 0 Å². The number of hydrogen-bond acceptors (Lipinski definition) is 3. The van der Waals surface area contributed by atoms with Gasteiger partial charge in [0.1, 0.15) is 11.6 Å². The zero-order valence-corrected chi connectivity index (χ0v) is 11.5. The zero-order valence-electron chi connectivity index (χ0n) is 11.5. The first-order valence-corrected chi connectivity index (χ1v) is 6.09. The summed E-state index contributed by atoms with van der Waals surface area (Å²) in [6.45, 7) is 7.10. The van der Waals surface area contributed by atoms with Gasteiger partial charge in [-0.15, -0.1) is 0 Å². The van der Waals surface area contributed by atoms with Crippen molar-refractivity contribution in [3.05, 3.63) is 12.2 Å². The lowest BCUT2D eigenvalue weighted by Gasteiger charge is -2.21. The molecule has 0 rings (SSSR count). The van der Waals surface area contributed by atoms with Crippen LogP contribution in [-0.4, -0.2) is 28.8 Å². The van der Waals surface area contributed by atoms with Crippen molar-refractivity contribution in [2.75, 3.05) is 0 Å². The summed E-state index contributed by atoms with van der Waals surface area (Å²) in [5.41, 5.74) is -0.627. The van der Waals surface area contributed by atoms with E-state index >= 15 is 0 Å². The molecule has 5 nitrogen and oxygen atoms in total. The van der Waals surface area contributed by atoms with Crippen molar-refractivity contribution in [1.82, 2.24) is 5.32 Å².